The molecule has 0 spiro atoms. The largest absolute Gasteiger partial charge is 0.393 e. The predicted molar refractivity (Wildman–Crippen MR) is 130 cm³/mol. The molecule has 5 rings (SSSR count). The molecule has 0 aromatic heterocycles. The van der Waals surface area contributed by atoms with Crippen molar-refractivity contribution in [1.82, 2.24) is 4.90 Å². The Labute approximate surface area is 192 Å². The minimum absolute atomic E-state index is 0.0185. The second-order valence-electron chi connectivity index (χ2n) is 13.2. The molecule has 1 saturated heterocycles. The van der Waals surface area contributed by atoms with Gasteiger partial charge in [0.05, 0.1) is 6.10 Å². The summed E-state index contributed by atoms with van der Waals surface area (Å²) in [5, 5.41) is 10.7. The van der Waals surface area contributed by atoms with Gasteiger partial charge in [-0.2, -0.15) is 0 Å². The maximum absolute atomic E-state index is 10.7. The average Bonchev–Trinajstić information content (AvgIpc) is 3.38. The van der Waals surface area contributed by atoms with Crippen LogP contribution in [0.25, 0.3) is 0 Å². The smallest absolute Gasteiger partial charge is 0.0596 e. The van der Waals surface area contributed by atoms with E-state index in [0.29, 0.717) is 5.41 Å². The standard InChI is InChI=1S/C29H51NO/c1-28-16-14-22(9-5-3-4-6-18-30-19-7-8-20-30)21-23(28)10-11-24-25-12-13-27(31)29(25,2)17-15-26(24)28/h22-27,31H,3-21H2,1-2H3/t22?,23?,24?,25?,26?,27-,28-,29-/m0/s1. The number of nitrogens with zero attached hydrogens (tertiary/aromatic N) is 1. The van der Waals surface area contributed by atoms with Crippen molar-refractivity contribution in [3.05, 3.63) is 0 Å². The zero-order valence-electron chi connectivity index (χ0n) is 20.8. The van der Waals surface area contributed by atoms with Crippen LogP contribution >= 0.6 is 0 Å². The van der Waals surface area contributed by atoms with Gasteiger partial charge in [0.25, 0.3) is 0 Å². The Kier molecular flexibility index (Phi) is 6.80. The first kappa shape index (κ1) is 22.7. The highest BCUT2D eigenvalue weighted by Gasteiger charge is 2.59. The summed E-state index contributed by atoms with van der Waals surface area (Å²) >= 11 is 0. The molecule has 2 nitrogen and oxygen atoms in total. The lowest BCUT2D eigenvalue weighted by atomic mass is 9.44. The lowest BCUT2D eigenvalue weighted by molar-refractivity contribution is -0.127. The Balaban J connectivity index is 1.08. The van der Waals surface area contributed by atoms with Gasteiger partial charge in [-0.05, 0) is 137 Å². The highest BCUT2D eigenvalue weighted by atomic mass is 16.3. The molecular formula is C29H51NO. The van der Waals surface area contributed by atoms with E-state index in [1.54, 1.807) is 0 Å². The molecule has 1 N–H and O–H groups in total. The molecule has 5 aliphatic rings. The van der Waals surface area contributed by atoms with Gasteiger partial charge in [0.15, 0.2) is 0 Å². The monoisotopic (exact) mass is 429 g/mol. The number of aliphatic hydroxyl groups is 1. The number of unbranched alkanes of at least 4 members (excludes halogenated alkanes) is 3. The van der Waals surface area contributed by atoms with Crippen LogP contribution < -0.4 is 0 Å². The minimum Gasteiger partial charge on any atom is -0.393 e. The van der Waals surface area contributed by atoms with E-state index in [4.69, 9.17) is 0 Å². The van der Waals surface area contributed by atoms with Gasteiger partial charge in [-0.25, -0.2) is 0 Å². The van der Waals surface area contributed by atoms with Crippen LogP contribution in [0.1, 0.15) is 117 Å². The third kappa shape index (κ3) is 4.27. The molecule has 0 aromatic rings. The van der Waals surface area contributed by atoms with E-state index in [1.165, 1.54) is 116 Å². The Morgan fingerprint density at radius 2 is 1.52 bits per heavy atom. The lowest BCUT2D eigenvalue weighted by Crippen LogP contribution is -2.54. The number of likely N-dealkylation sites (tertiary alicyclic amines) is 1. The third-order valence-electron chi connectivity index (χ3n) is 11.8. The number of fused-ring (bicyclic) bond motifs is 5. The van der Waals surface area contributed by atoms with Gasteiger partial charge in [-0.1, -0.05) is 39.5 Å². The van der Waals surface area contributed by atoms with Gasteiger partial charge in [0, 0.05) is 0 Å². The molecule has 5 unspecified atom stereocenters. The Hall–Kier alpha value is -0.0800. The first-order valence-electron chi connectivity index (χ1n) is 14.4. The highest BCUT2D eigenvalue weighted by molar-refractivity contribution is 5.09. The fraction of sp³-hybridized carbons (Fsp3) is 1.00. The van der Waals surface area contributed by atoms with Crippen molar-refractivity contribution in [2.24, 2.45) is 40.4 Å². The number of hydrogen-bond donors (Lipinski definition) is 1. The van der Waals surface area contributed by atoms with E-state index >= 15 is 0 Å². The highest BCUT2D eigenvalue weighted by Crippen LogP contribution is 2.66. The molecule has 178 valence electrons. The normalized spacial score (nSPS) is 47.7. The Bertz CT molecular complexity index is 600. The fourth-order valence-corrected chi connectivity index (χ4v) is 9.71. The van der Waals surface area contributed by atoms with Crippen LogP contribution in [0.2, 0.25) is 0 Å². The van der Waals surface area contributed by atoms with Crippen molar-refractivity contribution in [2.75, 3.05) is 19.6 Å². The molecule has 2 heteroatoms. The molecule has 0 amide bonds. The molecule has 5 fully saturated rings. The van der Waals surface area contributed by atoms with Crippen molar-refractivity contribution >= 4 is 0 Å². The summed E-state index contributed by atoms with van der Waals surface area (Å²) < 4.78 is 0. The van der Waals surface area contributed by atoms with E-state index in [1.807, 2.05) is 0 Å². The summed E-state index contributed by atoms with van der Waals surface area (Å²) in [5.74, 6) is 4.72. The second-order valence-corrected chi connectivity index (χ2v) is 13.2. The van der Waals surface area contributed by atoms with Crippen molar-refractivity contribution in [3.63, 3.8) is 0 Å². The maximum atomic E-state index is 10.7. The van der Waals surface area contributed by atoms with E-state index in [-0.39, 0.29) is 11.5 Å². The van der Waals surface area contributed by atoms with Gasteiger partial charge in [0.1, 0.15) is 0 Å². The number of rotatable bonds is 7. The summed E-state index contributed by atoms with van der Waals surface area (Å²) in [6, 6.07) is 0. The topological polar surface area (TPSA) is 23.5 Å². The van der Waals surface area contributed by atoms with Crippen molar-refractivity contribution < 1.29 is 5.11 Å². The molecule has 31 heavy (non-hydrogen) atoms. The SMILES string of the molecule is C[C@]12CCC(CCCCCCN3CCCC3)CC1CCC1C2CC[C@@]2(C)C1CC[C@@H]2O. The summed E-state index contributed by atoms with van der Waals surface area (Å²) in [5.41, 5.74) is 0.861. The molecule has 1 aliphatic heterocycles. The van der Waals surface area contributed by atoms with E-state index < -0.39 is 0 Å². The molecule has 0 aromatic carbocycles. The van der Waals surface area contributed by atoms with Gasteiger partial charge in [-0.3, -0.25) is 0 Å². The summed E-state index contributed by atoms with van der Waals surface area (Å²) in [6.45, 7) is 9.23. The first-order valence-corrected chi connectivity index (χ1v) is 14.4. The summed E-state index contributed by atoms with van der Waals surface area (Å²) in [4.78, 5) is 2.68. The average molecular weight is 430 g/mol. The van der Waals surface area contributed by atoms with Crippen LogP contribution in [0.5, 0.6) is 0 Å². The summed E-state index contributed by atoms with van der Waals surface area (Å²) in [6.07, 6.45) is 22.8. The van der Waals surface area contributed by atoms with Gasteiger partial charge in [0.2, 0.25) is 0 Å². The van der Waals surface area contributed by atoms with E-state index in [9.17, 15) is 5.11 Å². The molecule has 1 heterocycles. The second kappa shape index (κ2) is 9.28. The quantitative estimate of drug-likeness (QED) is 0.438. The molecule has 0 bridgehead atoms. The third-order valence-corrected chi connectivity index (χ3v) is 11.8. The van der Waals surface area contributed by atoms with Gasteiger partial charge >= 0.3 is 0 Å². The fourth-order valence-electron chi connectivity index (χ4n) is 9.71. The lowest BCUT2D eigenvalue weighted by Gasteiger charge is -2.61. The molecule has 4 aliphatic carbocycles. The van der Waals surface area contributed by atoms with Gasteiger partial charge in [-0.15, -0.1) is 0 Å². The molecule has 4 saturated carbocycles. The van der Waals surface area contributed by atoms with Crippen LogP contribution in [-0.4, -0.2) is 35.7 Å². The molecule has 0 radical (unpaired) electrons. The van der Waals surface area contributed by atoms with Crippen LogP contribution in [0.4, 0.5) is 0 Å². The van der Waals surface area contributed by atoms with Crippen molar-refractivity contribution in [3.8, 4) is 0 Å². The Morgan fingerprint density at radius 1 is 0.774 bits per heavy atom. The van der Waals surface area contributed by atoms with Crippen molar-refractivity contribution in [2.45, 2.75) is 123 Å². The summed E-state index contributed by atoms with van der Waals surface area (Å²) in [7, 11) is 0. The maximum Gasteiger partial charge on any atom is 0.0596 e. The van der Waals surface area contributed by atoms with Crippen molar-refractivity contribution in [1.29, 1.82) is 0 Å². The zero-order valence-corrected chi connectivity index (χ0v) is 20.8. The number of aliphatic hydroxyl groups excluding tert-OH is 1. The Morgan fingerprint density at radius 3 is 2.35 bits per heavy atom. The van der Waals surface area contributed by atoms with Crippen LogP contribution in [0, 0.1) is 40.4 Å². The van der Waals surface area contributed by atoms with Crippen LogP contribution in [0.3, 0.4) is 0 Å². The van der Waals surface area contributed by atoms with Crippen LogP contribution in [-0.2, 0) is 0 Å². The molecular weight excluding hydrogens is 378 g/mol. The van der Waals surface area contributed by atoms with Gasteiger partial charge < -0.3 is 10.0 Å². The van der Waals surface area contributed by atoms with E-state index in [2.05, 4.69) is 18.7 Å². The van der Waals surface area contributed by atoms with Crippen LogP contribution in [0.15, 0.2) is 0 Å². The minimum atomic E-state index is -0.0185. The zero-order chi connectivity index (χ0) is 21.5. The molecule has 8 atom stereocenters. The number of hydrogen-bond acceptors (Lipinski definition) is 2. The predicted octanol–water partition coefficient (Wildman–Crippen LogP) is 7.05. The van der Waals surface area contributed by atoms with E-state index in [0.717, 1.165) is 36.0 Å². The first-order chi connectivity index (χ1) is 15.0.